The quantitative estimate of drug-likeness (QED) is 0.744. The van der Waals surface area contributed by atoms with Crippen LogP contribution < -0.4 is 14.2 Å². The van der Waals surface area contributed by atoms with Crippen molar-refractivity contribution in [3.05, 3.63) is 36.7 Å². The number of anilines is 1. The van der Waals surface area contributed by atoms with Gasteiger partial charge in [0.15, 0.2) is 0 Å². The Morgan fingerprint density at radius 3 is 2.35 bits per heavy atom. The van der Waals surface area contributed by atoms with E-state index in [4.69, 9.17) is 9.47 Å². The minimum Gasteiger partial charge on any atom is -0.494 e. The SMILES string of the molecule is CCCCOc1ccc(S(=O)(=O)Nc2cnc(OC)nc2)cc1. The largest absolute Gasteiger partial charge is 0.494 e. The van der Waals surface area contributed by atoms with Gasteiger partial charge in [-0.05, 0) is 30.7 Å². The Hall–Kier alpha value is -2.35. The van der Waals surface area contributed by atoms with Gasteiger partial charge in [-0.3, -0.25) is 4.72 Å². The molecule has 2 rings (SSSR count). The highest BCUT2D eigenvalue weighted by Gasteiger charge is 2.14. The maximum atomic E-state index is 12.3. The fraction of sp³-hybridized carbons (Fsp3) is 0.333. The number of methoxy groups -OCH3 is 1. The van der Waals surface area contributed by atoms with Gasteiger partial charge in [0.25, 0.3) is 10.0 Å². The Bertz CT molecular complexity index is 715. The molecule has 0 amide bonds. The highest BCUT2D eigenvalue weighted by atomic mass is 32.2. The molecule has 0 fully saturated rings. The van der Waals surface area contributed by atoms with Gasteiger partial charge in [0.05, 0.1) is 36.7 Å². The first-order valence-electron chi connectivity index (χ1n) is 7.17. The van der Waals surface area contributed by atoms with Gasteiger partial charge in [-0.2, -0.15) is 0 Å². The number of nitrogens with one attached hydrogen (secondary N) is 1. The van der Waals surface area contributed by atoms with Gasteiger partial charge in [0.1, 0.15) is 5.75 Å². The van der Waals surface area contributed by atoms with Crippen LogP contribution in [0.5, 0.6) is 11.8 Å². The number of ether oxygens (including phenoxy) is 2. The summed E-state index contributed by atoms with van der Waals surface area (Å²) in [5, 5.41) is 0. The lowest BCUT2D eigenvalue weighted by molar-refractivity contribution is 0.309. The Morgan fingerprint density at radius 2 is 1.78 bits per heavy atom. The van der Waals surface area contributed by atoms with E-state index in [9.17, 15) is 8.42 Å². The van der Waals surface area contributed by atoms with Crippen molar-refractivity contribution in [3.63, 3.8) is 0 Å². The first-order chi connectivity index (χ1) is 11.0. The van der Waals surface area contributed by atoms with Crippen LogP contribution in [0.15, 0.2) is 41.6 Å². The van der Waals surface area contributed by atoms with Crippen LogP contribution in [0.2, 0.25) is 0 Å². The zero-order chi connectivity index (χ0) is 16.7. The summed E-state index contributed by atoms with van der Waals surface area (Å²) >= 11 is 0. The fourth-order valence-electron chi connectivity index (χ4n) is 1.74. The van der Waals surface area contributed by atoms with E-state index in [0.29, 0.717) is 12.4 Å². The zero-order valence-corrected chi connectivity index (χ0v) is 13.8. The molecule has 0 aliphatic heterocycles. The zero-order valence-electron chi connectivity index (χ0n) is 13.0. The van der Waals surface area contributed by atoms with E-state index in [1.54, 1.807) is 12.1 Å². The summed E-state index contributed by atoms with van der Waals surface area (Å²) < 4.78 is 37.3. The van der Waals surface area contributed by atoms with Gasteiger partial charge >= 0.3 is 6.01 Å². The van der Waals surface area contributed by atoms with Gasteiger partial charge in [0.2, 0.25) is 0 Å². The maximum absolute atomic E-state index is 12.3. The van der Waals surface area contributed by atoms with Gasteiger partial charge in [0, 0.05) is 0 Å². The van der Waals surface area contributed by atoms with Crippen molar-refractivity contribution >= 4 is 15.7 Å². The summed E-state index contributed by atoms with van der Waals surface area (Å²) in [7, 11) is -2.27. The Morgan fingerprint density at radius 1 is 1.13 bits per heavy atom. The van der Waals surface area contributed by atoms with E-state index in [1.165, 1.54) is 31.6 Å². The van der Waals surface area contributed by atoms with Gasteiger partial charge in [-0.25, -0.2) is 18.4 Å². The van der Waals surface area contributed by atoms with Crippen molar-refractivity contribution in [1.82, 2.24) is 9.97 Å². The second kappa shape index (κ2) is 7.77. The molecule has 7 nitrogen and oxygen atoms in total. The molecule has 0 saturated heterocycles. The molecule has 0 spiro atoms. The number of benzene rings is 1. The van der Waals surface area contributed by atoms with Crippen molar-refractivity contribution in [3.8, 4) is 11.8 Å². The highest BCUT2D eigenvalue weighted by molar-refractivity contribution is 7.92. The van der Waals surface area contributed by atoms with E-state index < -0.39 is 10.0 Å². The van der Waals surface area contributed by atoms with Crippen LogP contribution in [0.3, 0.4) is 0 Å². The third-order valence-corrected chi connectivity index (χ3v) is 4.36. The summed E-state index contributed by atoms with van der Waals surface area (Å²) in [6.45, 7) is 2.69. The van der Waals surface area contributed by atoms with Crippen LogP contribution in [-0.2, 0) is 10.0 Å². The standard InChI is InChI=1S/C15H19N3O4S/c1-3-4-9-22-13-5-7-14(8-6-13)23(19,20)18-12-10-16-15(21-2)17-11-12/h5-8,10-11,18H,3-4,9H2,1-2H3. The van der Waals surface area contributed by atoms with E-state index in [0.717, 1.165) is 12.8 Å². The van der Waals surface area contributed by atoms with Crippen LogP contribution in [-0.4, -0.2) is 32.1 Å². The molecule has 8 heteroatoms. The second-order valence-electron chi connectivity index (χ2n) is 4.74. The number of nitrogens with zero attached hydrogens (tertiary/aromatic N) is 2. The van der Waals surface area contributed by atoms with Crippen molar-refractivity contribution in [2.24, 2.45) is 0 Å². The number of hydrogen-bond acceptors (Lipinski definition) is 6. The van der Waals surface area contributed by atoms with Gasteiger partial charge in [-0.1, -0.05) is 13.3 Å². The molecule has 0 aliphatic rings. The number of sulfonamides is 1. The normalized spacial score (nSPS) is 11.0. The molecule has 0 radical (unpaired) electrons. The molecular formula is C15H19N3O4S. The minimum absolute atomic E-state index is 0.135. The molecule has 1 N–H and O–H groups in total. The number of hydrogen-bond donors (Lipinski definition) is 1. The smallest absolute Gasteiger partial charge is 0.316 e. The van der Waals surface area contributed by atoms with Crippen LogP contribution >= 0.6 is 0 Å². The summed E-state index contributed by atoms with van der Waals surface area (Å²) in [5.74, 6) is 0.644. The molecule has 0 bridgehead atoms. The van der Waals surface area contributed by atoms with Gasteiger partial charge in [-0.15, -0.1) is 0 Å². The molecule has 0 unspecified atom stereocenters. The van der Waals surface area contributed by atoms with E-state index in [-0.39, 0.29) is 16.6 Å². The van der Waals surface area contributed by atoms with Crippen molar-refractivity contribution < 1.29 is 17.9 Å². The molecule has 2 aromatic rings. The monoisotopic (exact) mass is 337 g/mol. The third kappa shape index (κ3) is 4.82. The Balaban J connectivity index is 2.06. The lowest BCUT2D eigenvalue weighted by atomic mass is 10.3. The molecule has 1 aromatic heterocycles. The fourth-order valence-corrected chi connectivity index (χ4v) is 2.77. The first kappa shape index (κ1) is 17.0. The third-order valence-electron chi connectivity index (χ3n) is 2.96. The predicted octanol–water partition coefficient (Wildman–Crippen LogP) is 2.46. The van der Waals surface area contributed by atoms with E-state index in [2.05, 4.69) is 21.6 Å². The summed E-state index contributed by atoms with van der Waals surface area (Å²) in [6.07, 6.45) is 4.68. The van der Waals surface area contributed by atoms with Crippen molar-refractivity contribution in [1.29, 1.82) is 0 Å². The molecule has 124 valence electrons. The summed E-state index contributed by atoms with van der Waals surface area (Å²) in [5.41, 5.74) is 0.258. The first-order valence-corrected chi connectivity index (χ1v) is 8.65. The average Bonchev–Trinajstić information content (AvgIpc) is 2.56. The maximum Gasteiger partial charge on any atom is 0.316 e. The number of aromatic nitrogens is 2. The molecule has 0 saturated carbocycles. The topological polar surface area (TPSA) is 90.4 Å². The van der Waals surface area contributed by atoms with Crippen LogP contribution in [0.1, 0.15) is 19.8 Å². The van der Waals surface area contributed by atoms with Crippen LogP contribution in [0.4, 0.5) is 5.69 Å². The predicted molar refractivity (Wildman–Crippen MR) is 86.2 cm³/mol. The molecule has 1 heterocycles. The van der Waals surface area contributed by atoms with Crippen LogP contribution in [0.25, 0.3) is 0 Å². The number of unbranched alkanes of at least 4 members (excludes halogenated alkanes) is 1. The Labute approximate surface area is 135 Å². The minimum atomic E-state index is -3.70. The summed E-state index contributed by atoms with van der Waals surface area (Å²) in [4.78, 5) is 7.84. The van der Waals surface area contributed by atoms with Crippen LogP contribution in [0, 0.1) is 0 Å². The van der Waals surface area contributed by atoms with E-state index >= 15 is 0 Å². The number of rotatable bonds is 8. The van der Waals surface area contributed by atoms with E-state index in [1.807, 2.05) is 0 Å². The Kier molecular flexibility index (Phi) is 5.75. The van der Waals surface area contributed by atoms with Crippen molar-refractivity contribution in [2.45, 2.75) is 24.7 Å². The molecule has 23 heavy (non-hydrogen) atoms. The van der Waals surface area contributed by atoms with Crippen molar-refractivity contribution in [2.75, 3.05) is 18.4 Å². The summed E-state index contributed by atoms with van der Waals surface area (Å²) in [6, 6.07) is 6.42. The average molecular weight is 337 g/mol. The lowest BCUT2D eigenvalue weighted by Gasteiger charge is -2.09. The molecule has 0 atom stereocenters. The molecule has 1 aromatic carbocycles. The highest BCUT2D eigenvalue weighted by Crippen LogP contribution is 2.19. The lowest BCUT2D eigenvalue weighted by Crippen LogP contribution is -2.13. The second-order valence-corrected chi connectivity index (χ2v) is 6.42. The molecular weight excluding hydrogens is 318 g/mol. The van der Waals surface area contributed by atoms with Gasteiger partial charge < -0.3 is 9.47 Å². The molecule has 0 aliphatic carbocycles.